The van der Waals surface area contributed by atoms with Gasteiger partial charge in [-0.25, -0.2) is 0 Å². The van der Waals surface area contributed by atoms with Crippen molar-refractivity contribution in [2.45, 2.75) is 13.3 Å². The Morgan fingerprint density at radius 1 is 1.21 bits per heavy atom. The number of hydrogen-bond donors (Lipinski definition) is 1. The molecule has 0 heterocycles. The van der Waals surface area contributed by atoms with E-state index in [-0.39, 0.29) is 0 Å². The van der Waals surface area contributed by atoms with E-state index in [0.717, 1.165) is 23.8 Å². The fourth-order valence-corrected chi connectivity index (χ4v) is 1.72. The Hall–Kier alpha value is -0.830. The van der Waals surface area contributed by atoms with E-state index in [9.17, 15) is 0 Å². The normalized spacial score (nSPS) is 10.1. The molecule has 0 atom stereocenters. The van der Waals surface area contributed by atoms with Gasteiger partial charge in [-0.15, -0.1) is 0 Å². The van der Waals surface area contributed by atoms with Gasteiger partial charge in [0.1, 0.15) is 5.75 Å². The molecule has 78 valence electrons. The first-order valence-electron chi connectivity index (χ1n) is 4.89. The highest BCUT2D eigenvalue weighted by Gasteiger charge is 1.93. The van der Waals surface area contributed by atoms with Crippen molar-refractivity contribution in [3.8, 4) is 5.75 Å². The Balaban J connectivity index is 2.15. The molecule has 1 rings (SSSR count). The second-order valence-corrected chi connectivity index (χ2v) is 4.25. The van der Waals surface area contributed by atoms with Crippen molar-refractivity contribution in [1.29, 1.82) is 0 Å². The maximum Gasteiger partial charge on any atom is 0.119 e. The molecule has 14 heavy (non-hydrogen) atoms. The second-order valence-electron chi connectivity index (χ2n) is 3.03. The van der Waals surface area contributed by atoms with Crippen LogP contribution in [-0.2, 0) is 0 Å². The molecular weight excluding hydrogens is 194 g/mol. The Labute approximate surface area is 89.8 Å². The number of anilines is 1. The number of hydrogen-bond acceptors (Lipinski definition) is 3. The number of thioether (sulfide) groups is 1. The van der Waals surface area contributed by atoms with Crippen LogP contribution in [0.2, 0.25) is 0 Å². The fourth-order valence-electron chi connectivity index (χ4n) is 1.03. The van der Waals surface area contributed by atoms with Gasteiger partial charge in [0.15, 0.2) is 0 Å². The lowest BCUT2D eigenvalue weighted by atomic mass is 10.3. The minimum Gasteiger partial charge on any atom is -0.493 e. The van der Waals surface area contributed by atoms with Crippen molar-refractivity contribution in [2.24, 2.45) is 0 Å². The first-order chi connectivity index (χ1) is 6.83. The van der Waals surface area contributed by atoms with Crippen LogP contribution >= 0.6 is 11.8 Å². The van der Waals surface area contributed by atoms with Gasteiger partial charge in [-0.1, -0.05) is 6.92 Å². The van der Waals surface area contributed by atoms with Crippen LogP contribution in [0.3, 0.4) is 0 Å². The number of rotatable bonds is 6. The third-order valence-corrected chi connectivity index (χ3v) is 2.88. The number of nitrogens with two attached hydrogens (primary N) is 1. The van der Waals surface area contributed by atoms with E-state index in [0.29, 0.717) is 0 Å². The zero-order chi connectivity index (χ0) is 10.2. The van der Waals surface area contributed by atoms with Crippen LogP contribution in [0.5, 0.6) is 5.75 Å². The molecule has 0 bridgehead atoms. The average Bonchev–Trinajstić information content (AvgIpc) is 2.21. The van der Waals surface area contributed by atoms with Crippen molar-refractivity contribution in [1.82, 2.24) is 0 Å². The van der Waals surface area contributed by atoms with E-state index < -0.39 is 0 Å². The highest BCUT2D eigenvalue weighted by Crippen LogP contribution is 2.13. The molecule has 0 fully saturated rings. The predicted octanol–water partition coefficient (Wildman–Crippen LogP) is 2.79. The van der Waals surface area contributed by atoms with Gasteiger partial charge in [0.25, 0.3) is 0 Å². The molecule has 0 amide bonds. The van der Waals surface area contributed by atoms with Crippen molar-refractivity contribution in [3.63, 3.8) is 0 Å². The Morgan fingerprint density at radius 3 is 2.57 bits per heavy atom. The van der Waals surface area contributed by atoms with E-state index >= 15 is 0 Å². The third kappa shape index (κ3) is 4.42. The third-order valence-electron chi connectivity index (χ3n) is 1.72. The smallest absolute Gasteiger partial charge is 0.119 e. The molecule has 0 saturated heterocycles. The lowest BCUT2D eigenvalue weighted by Crippen LogP contribution is -2.00. The van der Waals surface area contributed by atoms with E-state index in [4.69, 9.17) is 10.5 Å². The Morgan fingerprint density at radius 2 is 1.93 bits per heavy atom. The maximum atomic E-state index is 5.56. The van der Waals surface area contributed by atoms with Crippen molar-refractivity contribution < 1.29 is 4.74 Å². The van der Waals surface area contributed by atoms with Gasteiger partial charge in [0, 0.05) is 11.4 Å². The fraction of sp³-hybridized carbons (Fsp3) is 0.455. The van der Waals surface area contributed by atoms with Crippen LogP contribution in [0, 0.1) is 0 Å². The van der Waals surface area contributed by atoms with Crippen molar-refractivity contribution in [3.05, 3.63) is 24.3 Å². The standard InChI is InChI=1S/C11H17NOS/c1-2-8-14-9-7-13-11-5-3-10(12)4-6-11/h3-6H,2,7-9,12H2,1H3. The van der Waals surface area contributed by atoms with E-state index in [1.165, 1.54) is 12.2 Å². The molecule has 0 aliphatic carbocycles. The maximum absolute atomic E-state index is 5.56. The van der Waals surface area contributed by atoms with Crippen molar-refractivity contribution >= 4 is 17.4 Å². The molecular formula is C11H17NOS. The van der Waals surface area contributed by atoms with Gasteiger partial charge >= 0.3 is 0 Å². The molecule has 0 saturated carbocycles. The van der Waals surface area contributed by atoms with Gasteiger partial charge < -0.3 is 10.5 Å². The highest BCUT2D eigenvalue weighted by molar-refractivity contribution is 7.99. The summed E-state index contributed by atoms with van der Waals surface area (Å²) in [6.45, 7) is 2.96. The molecule has 0 aromatic heterocycles. The molecule has 1 aromatic carbocycles. The number of nitrogen functional groups attached to an aromatic ring is 1. The summed E-state index contributed by atoms with van der Waals surface area (Å²) in [6.07, 6.45) is 1.23. The van der Waals surface area contributed by atoms with Crippen LogP contribution in [-0.4, -0.2) is 18.1 Å². The Bertz CT molecular complexity index is 248. The lowest BCUT2D eigenvalue weighted by molar-refractivity contribution is 0.344. The summed E-state index contributed by atoms with van der Waals surface area (Å²) in [4.78, 5) is 0. The zero-order valence-electron chi connectivity index (χ0n) is 8.53. The summed E-state index contributed by atoms with van der Waals surface area (Å²) in [5, 5.41) is 0. The predicted molar refractivity (Wildman–Crippen MR) is 64.0 cm³/mol. The monoisotopic (exact) mass is 211 g/mol. The second kappa shape index (κ2) is 6.60. The largest absolute Gasteiger partial charge is 0.493 e. The summed E-state index contributed by atoms with van der Waals surface area (Å²) >= 11 is 1.93. The number of benzene rings is 1. The molecule has 0 aliphatic heterocycles. The SMILES string of the molecule is CCCSCCOc1ccc(N)cc1. The summed E-state index contributed by atoms with van der Waals surface area (Å²) in [6, 6.07) is 7.52. The van der Waals surface area contributed by atoms with Gasteiger partial charge in [0.05, 0.1) is 6.61 Å². The lowest BCUT2D eigenvalue weighted by Gasteiger charge is -2.05. The first-order valence-corrected chi connectivity index (χ1v) is 6.04. The number of ether oxygens (including phenoxy) is 1. The van der Waals surface area contributed by atoms with Crippen LogP contribution in [0.4, 0.5) is 5.69 Å². The molecule has 1 aromatic rings. The van der Waals surface area contributed by atoms with E-state index in [1.54, 1.807) is 0 Å². The van der Waals surface area contributed by atoms with Gasteiger partial charge in [-0.2, -0.15) is 11.8 Å². The van der Waals surface area contributed by atoms with Crippen LogP contribution in [0.1, 0.15) is 13.3 Å². The minimum absolute atomic E-state index is 0.772. The van der Waals surface area contributed by atoms with Crippen molar-refractivity contribution in [2.75, 3.05) is 23.8 Å². The Kier molecular flexibility index (Phi) is 5.30. The summed E-state index contributed by atoms with van der Waals surface area (Å²) in [5.74, 6) is 3.17. The molecule has 2 nitrogen and oxygen atoms in total. The zero-order valence-corrected chi connectivity index (χ0v) is 9.35. The van der Waals surface area contributed by atoms with Crippen LogP contribution < -0.4 is 10.5 Å². The van der Waals surface area contributed by atoms with Crippen LogP contribution in [0.15, 0.2) is 24.3 Å². The van der Waals surface area contributed by atoms with E-state index in [2.05, 4.69) is 6.92 Å². The minimum atomic E-state index is 0.772. The summed E-state index contributed by atoms with van der Waals surface area (Å²) in [7, 11) is 0. The van der Waals surface area contributed by atoms with Gasteiger partial charge in [-0.05, 0) is 36.4 Å². The summed E-state index contributed by atoms with van der Waals surface area (Å²) < 4.78 is 5.53. The highest BCUT2D eigenvalue weighted by atomic mass is 32.2. The molecule has 0 aliphatic rings. The first kappa shape index (κ1) is 11.2. The van der Waals surface area contributed by atoms with Gasteiger partial charge in [-0.3, -0.25) is 0 Å². The topological polar surface area (TPSA) is 35.2 Å². The summed E-state index contributed by atoms with van der Waals surface area (Å²) in [5.41, 5.74) is 6.34. The molecule has 3 heteroatoms. The molecule has 0 spiro atoms. The molecule has 2 N–H and O–H groups in total. The van der Waals surface area contributed by atoms with Crippen LogP contribution in [0.25, 0.3) is 0 Å². The molecule has 0 radical (unpaired) electrons. The molecule has 0 unspecified atom stereocenters. The van der Waals surface area contributed by atoms with E-state index in [1.807, 2.05) is 36.0 Å². The quantitative estimate of drug-likeness (QED) is 0.580. The average molecular weight is 211 g/mol. The van der Waals surface area contributed by atoms with Gasteiger partial charge in [0.2, 0.25) is 0 Å².